The van der Waals surface area contributed by atoms with Gasteiger partial charge in [0, 0.05) is 21.2 Å². The first-order chi connectivity index (χ1) is 16.8. The van der Waals surface area contributed by atoms with Gasteiger partial charge in [0.1, 0.15) is 0 Å². The summed E-state index contributed by atoms with van der Waals surface area (Å²) in [5.74, 6) is -0.557. The lowest BCUT2D eigenvalue weighted by atomic mass is 10.0. The second kappa shape index (κ2) is 11.1. The second-order valence-corrected chi connectivity index (χ2v) is 9.41. The number of carbonyl (C=O) groups is 2. The van der Waals surface area contributed by atoms with Crippen LogP contribution in [0.25, 0.3) is 0 Å². The van der Waals surface area contributed by atoms with E-state index in [9.17, 15) is 9.59 Å². The number of amides is 2. The van der Waals surface area contributed by atoms with Crippen LogP contribution in [0.5, 0.6) is 0 Å². The van der Waals surface area contributed by atoms with Crippen LogP contribution in [0.3, 0.4) is 0 Å². The van der Waals surface area contributed by atoms with Crippen LogP contribution < -0.4 is 10.6 Å². The molecule has 0 spiro atoms. The molecule has 0 saturated carbocycles. The Morgan fingerprint density at radius 2 is 0.914 bits per heavy atom. The van der Waals surface area contributed by atoms with E-state index in [2.05, 4.69) is 10.6 Å². The maximum Gasteiger partial charge on any atom is 0.255 e. The Morgan fingerprint density at radius 1 is 0.543 bits per heavy atom. The van der Waals surface area contributed by atoms with Crippen LogP contribution in [0.4, 0.5) is 11.4 Å². The molecule has 0 aromatic heterocycles. The monoisotopic (exact) mass is 542 g/mol. The SMILES string of the molecule is O=C(Nc1ccc(Cc2ccc(NC(=O)c3ccc(Cl)cc3)c(Cl)c2)cc1Cl)c1ccc(Cl)cc1. The van der Waals surface area contributed by atoms with E-state index in [0.717, 1.165) is 11.1 Å². The average molecular weight is 544 g/mol. The Bertz CT molecular complexity index is 1280. The molecule has 8 heteroatoms. The van der Waals surface area contributed by atoms with E-state index in [0.29, 0.717) is 49.0 Å². The van der Waals surface area contributed by atoms with Crippen molar-refractivity contribution >= 4 is 69.6 Å². The van der Waals surface area contributed by atoms with Crippen molar-refractivity contribution < 1.29 is 9.59 Å². The van der Waals surface area contributed by atoms with E-state index in [1.165, 1.54) is 0 Å². The summed E-state index contributed by atoms with van der Waals surface area (Å²) in [6, 6.07) is 24.1. The van der Waals surface area contributed by atoms with Crippen molar-refractivity contribution in [2.75, 3.05) is 10.6 Å². The number of nitrogens with one attached hydrogen (secondary N) is 2. The Hall–Kier alpha value is -3.02. The van der Waals surface area contributed by atoms with Crippen LogP contribution in [-0.2, 0) is 6.42 Å². The molecule has 0 heterocycles. The Kier molecular flexibility index (Phi) is 7.99. The molecular weight excluding hydrogens is 526 g/mol. The highest BCUT2D eigenvalue weighted by Gasteiger charge is 2.12. The number of carbonyl (C=O) groups excluding carboxylic acids is 2. The molecule has 0 radical (unpaired) electrons. The molecular formula is C27H18Cl4N2O2. The lowest BCUT2D eigenvalue weighted by molar-refractivity contribution is 0.101. The topological polar surface area (TPSA) is 58.2 Å². The van der Waals surface area contributed by atoms with Crippen LogP contribution in [-0.4, -0.2) is 11.8 Å². The molecule has 2 amide bonds. The smallest absolute Gasteiger partial charge is 0.255 e. The van der Waals surface area contributed by atoms with Crippen LogP contribution in [0.2, 0.25) is 20.1 Å². The molecule has 0 aliphatic rings. The predicted molar refractivity (Wildman–Crippen MR) is 145 cm³/mol. The van der Waals surface area contributed by atoms with Gasteiger partial charge in [-0.3, -0.25) is 9.59 Å². The Labute approximate surface area is 222 Å². The summed E-state index contributed by atoms with van der Waals surface area (Å²) < 4.78 is 0. The summed E-state index contributed by atoms with van der Waals surface area (Å²) in [5.41, 5.74) is 3.85. The second-order valence-electron chi connectivity index (χ2n) is 7.73. The van der Waals surface area contributed by atoms with Gasteiger partial charge in [-0.15, -0.1) is 0 Å². The zero-order valence-electron chi connectivity index (χ0n) is 18.1. The summed E-state index contributed by atoms with van der Waals surface area (Å²) in [6.07, 6.45) is 0.566. The van der Waals surface area contributed by atoms with E-state index < -0.39 is 0 Å². The fourth-order valence-electron chi connectivity index (χ4n) is 3.37. The lowest BCUT2D eigenvalue weighted by Crippen LogP contribution is -2.12. The van der Waals surface area contributed by atoms with Gasteiger partial charge in [0.05, 0.1) is 21.4 Å². The van der Waals surface area contributed by atoms with Crippen molar-refractivity contribution in [1.29, 1.82) is 0 Å². The van der Waals surface area contributed by atoms with Gasteiger partial charge in [0.25, 0.3) is 11.8 Å². The molecule has 4 aromatic carbocycles. The van der Waals surface area contributed by atoms with Crippen molar-refractivity contribution in [3.63, 3.8) is 0 Å². The van der Waals surface area contributed by atoms with Gasteiger partial charge in [0.2, 0.25) is 0 Å². The largest absolute Gasteiger partial charge is 0.321 e. The summed E-state index contributed by atoms with van der Waals surface area (Å²) in [7, 11) is 0. The van der Waals surface area contributed by atoms with Crippen LogP contribution in [0.1, 0.15) is 31.8 Å². The lowest BCUT2D eigenvalue weighted by Gasteiger charge is -2.11. The minimum Gasteiger partial charge on any atom is -0.321 e. The van der Waals surface area contributed by atoms with E-state index in [4.69, 9.17) is 46.4 Å². The average Bonchev–Trinajstić information content (AvgIpc) is 2.83. The minimum absolute atomic E-state index is 0.278. The molecule has 2 N–H and O–H groups in total. The maximum absolute atomic E-state index is 12.4. The van der Waals surface area contributed by atoms with E-state index in [1.54, 1.807) is 72.8 Å². The zero-order chi connectivity index (χ0) is 24.9. The number of rotatable bonds is 6. The number of benzene rings is 4. The Balaban J connectivity index is 1.41. The maximum atomic E-state index is 12.4. The van der Waals surface area contributed by atoms with Gasteiger partial charge >= 0.3 is 0 Å². The molecule has 0 fully saturated rings. The van der Waals surface area contributed by atoms with Crippen molar-refractivity contribution in [3.8, 4) is 0 Å². The zero-order valence-corrected chi connectivity index (χ0v) is 21.1. The predicted octanol–water partition coefficient (Wildman–Crippen LogP) is 8.40. The first kappa shape index (κ1) is 25.1. The normalized spacial score (nSPS) is 10.6. The highest BCUT2D eigenvalue weighted by molar-refractivity contribution is 6.34. The molecule has 0 aliphatic carbocycles. The third-order valence-electron chi connectivity index (χ3n) is 5.18. The summed E-state index contributed by atoms with van der Waals surface area (Å²) >= 11 is 24.6. The quantitative estimate of drug-likeness (QED) is 0.256. The highest BCUT2D eigenvalue weighted by atomic mass is 35.5. The number of anilines is 2. The van der Waals surface area contributed by atoms with Gasteiger partial charge < -0.3 is 10.6 Å². The van der Waals surface area contributed by atoms with Crippen molar-refractivity contribution in [2.45, 2.75) is 6.42 Å². The van der Waals surface area contributed by atoms with Crippen molar-refractivity contribution in [3.05, 3.63) is 127 Å². The fourth-order valence-corrected chi connectivity index (χ4v) is 4.12. The van der Waals surface area contributed by atoms with Gasteiger partial charge in [-0.2, -0.15) is 0 Å². The number of hydrogen-bond acceptors (Lipinski definition) is 2. The highest BCUT2D eigenvalue weighted by Crippen LogP contribution is 2.28. The van der Waals surface area contributed by atoms with Crippen LogP contribution in [0, 0.1) is 0 Å². The first-order valence-corrected chi connectivity index (χ1v) is 12.0. The van der Waals surface area contributed by atoms with Gasteiger partial charge in [0.15, 0.2) is 0 Å². The fraction of sp³-hybridized carbons (Fsp3) is 0.0370. The third kappa shape index (κ3) is 6.56. The van der Waals surface area contributed by atoms with Gasteiger partial charge in [-0.25, -0.2) is 0 Å². The summed E-state index contributed by atoms with van der Waals surface area (Å²) in [6.45, 7) is 0. The van der Waals surface area contributed by atoms with Crippen molar-refractivity contribution in [2.24, 2.45) is 0 Å². The van der Waals surface area contributed by atoms with Gasteiger partial charge in [-0.05, 0) is 90.3 Å². The van der Waals surface area contributed by atoms with Gasteiger partial charge in [-0.1, -0.05) is 58.5 Å². The molecule has 0 bridgehead atoms. The number of hydrogen-bond donors (Lipinski definition) is 2. The molecule has 0 unspecified atom stereocenters. The van der Waals surface area contributed by atoms with Crippen molar-refractivity contribution in [1.82, 2.24) is 0 Å². The summed E-state index contributed by atoms with van der Waals surface area (Å²) in [4.78, 5) is 24.9. The Morgan fingerprint density at radius 3 is 1.26 bits per heavy atom. The molecule has 176 valence electrons. The first-order valence-electron chi connectivity index (χ1n) is 10.5. The van der Waals surface area contributed by atoms with Crippen LogP contribution >= 0.6 is 46.4 Å². The molecule has 4 aromatic rings. The van der Waals surface area contributed by atoms with E-state index in [1.807, 2.05) is 12.1 Å². The van der Waals surface area contributed by atoms with E-state index in [-0.39, 0.29) is 11.8 Å². The molecule has 35 heavy (non-hydrogen) atoms. The molecule has 0 aliphatic heterocycles. The van der Waals surface area contributed by atoms with Crippen LogP contribution in [0.15, 0.2) is 84.9 Å². The van der Waals surface area contributed by atoms with E-state index >= 15 is 0 Å². The summed E-state index contributed by atoms with van der Waals surface area (Å²) in [5, 5.41) is 7.56. The molecule has 0 saturated heterocycles. The molecule has 4 nitrogen and oxygen atoms in total. The molecule has 0 atom stereocenters. The minimum atomic E-state index is -0.278. The standard InChI is InChI=1S/C27H18Cl4N2O2/c28-20-7-3-18(4-8-20)26(34)32-24-11-1-16(14-22(24)30)13-17-2-12-25(23(31)15-17)33-27(35)19-5-9-21(29)10-6-19/h1-12,14-15H,13H2,(H,32,34)(H,33,35). The molecule has 4 rings (SSSR count). The third-order valence-corrected chi connectivity index (χ3v) is 6.31. The number of halogens is 4.